The van der Waals surface area contributed by atoms with Gasteiger partial charge in [-0.1, -0.05) is 29.8 Å². The summed E-state index contributed by atoms with van der Waals surface area (Å²) >= 11 is 6.06. The first-order valence-corrected chi connectivity index (χ1v) is 12.5. The van der Waals surface area contributed by atoms with Gasteiger partial charge in [-0.05, 0) is 38.1 Å². The number of aryl methyl sites for hydroxylation is 1. The predicted molar refractivity (Wildman–Crippen MR) is 153 cm³/mol. The maximum Gasteiger partial charge on any atom is 0.329 e. The first-order chi connectivity index (χ1) is 18.7. The second-order valence-electron chi connectivity index (χ2n) is 8.65. The number of aromatic nitrogens is 1. The molecule has 1 heterocycles. The number of methoxy groups -OCH3 is 2. The number of hydrogen-bond acceptors (Lipinski definition) is 6. The molecule has 10 nitrogen and oxygen atoms in total. The molecular formula is C28H28ClN5O5. The van der Waals surface area contributed by atoms with E-state index in [0.29, 0.717) is 17.1 Å². The summed E-state index contributed by atoms with van der Waals surface area (Å²) in [5.74, 6) is -1.78. The van der Waals surface area contributed by atoms with E-state index in [1.807, 2.05) is 30.3 Å². The van der Waals surface area contributed by atoms with Crippen LogP contribution in [-0.4, -0.2) is 42.2 Å². The van der Waals surface area contributed by atoms with Gasteiger partial charge in [0.1, 0.15) is 11.5 Å². The maximum atomic E-state index is 12.6. The van der Waals surface area contributed by atoms with E-state index in [4.69, 9.17) is 21.1 Å². The highest BCUT2D eigenvalue weighted by atomic mass is 35.5. The summed E-state index contributed by atoms with van der Waals surface area (Å²) in [5, 5.41) is 11.6. The lowest BCUT2D eigenvalue weighted by Gasteiger charge is -2.12. The Bertz CT molecular complexity index is 1610. The Labute approximate surface area is 229 Å². The molecule has 0 fully saturated rings. The van der Waals surface area contributed by atoms with Gasteiger partial charge in [0.15, 0.2) is 0 Å². The highest BCUT2D eigenvalue weighted by molar-refractivity contribution is 6.40. The van der Waals surface area contributed by atoms with Gasteiger partial charge < -0.3 is 24.7 Å². The van der Waals surface area contributed by atoms with E-state index in [1.165, 1.54) is 26.4 Å². The van der Waals surface area contributed by atoms with Crippen LogP contribution >= 0.6 is 11.6 Å². The third-order valence-corrected chi connectivity index (χ3v) is 6.36. The third-order valence-electron chi connectivity index (χ3n) is 6.07. The summed E-state index contributed by atoms with van der Waals surface area (Å²) in [6.45, 7) is 4.50. The lowest BCUT2D eigenvalue weighted by Crippen LogP contribution is -2.33. The molecule has 0 unspecified atom stereocenters. The number of rotatable bonds is 8. The molecule has 0 spiro atoms. The van der Waals surface area contributed by atoms with Crippen molar-refractivity contribution >= 4 is 68.2 Å². The molecule has 3 N–H and O–H groups in total. The number of carbonyl (C=O) groups is 3. The number of anilines is 2. The number of benzene rings is 3. The second kappa shape index (κ2) is 11.9. The van der Waals surface area contributed by atoms with Crippen LogP contribution in [0.4, 0.5) is 11.4 Å². The summed E-state index contributed by atoms with van der Waals surface area (Å²) in [5.41, 5.74) is 5.53. The molecule has 202 valence electrons. The van der Waals surface area contributed by atoms with Crippen LogP contribution in [0.25, 0.3) is 21.8 Å². The van der Waals surface area contributed by atoms with E-state index in [1.54, 1.807) is 6.92 Å². The van der Waals surface area contributed by atoms with Crippen LogP contribution in [-0.2, 0) is 20.9 Å². The van der Waals surface area contributed by atoms with E-state index in [9.17, 15) is 14.4 Å². The third kappa shape index (κ3) is 5.96. The van der Waals surface area contributed by atoms with Gasteiger partial charge in [-0.25, -0.2) is 5.43 Å². The highest BCUT2D eigenvalue weighted by Crippen LogP contribution is 2.36. The Morgan fingerprint density at radius 2 is 1.62 bits per heavy atom. The Morgan fingerprint density at radius 3 is 2.33 bits per heavy atom. The zero-order valence-corrected chi connectivity index (χ0v) is 22.7. The monoisotopic (exact) mass is 549 g/mol. The summed E-state index contributed by atoms with van der Waals surface area (Å²) in [7, 11) is 2.82. The molecule has 11 heteroatoms. The van der Waals surface area contributed by atoms with E-state index in [-0.39, 0.29) is 28.8 Å². The molecule has 0 aliphatic heterocycles. The number of ether oxygens (including phenoxy) is 2. The highest BCUT2D eigenvalue weighted by Gasteiger charge is 2.18. The number of nitrogens with one attached hydrogen (secondary N) is 3. The Hall–Kier alpha value is -4.57. The minimum absolute atomic E-state index is 0.0845. The minimum Gasteiger partial charge on any atom is -0.495 e. The topological polar surface area (TPSA) is 123 Å². The molecule has 3 amide bonds. The second-order valence-corrected chi connectivity index (χ2v) is 9.05. The molecule has 0 atom stereocenters. The molecule has 0 aliphatic rings. The molecule has 39 heavy (non-hydrogen) atoms. The van der Waals surface area contributed by atoms with Gasteiger partial charge in [0.05, 0.1) is 31.4 Å². The molecule has 0 saturated carbocycles. The van der Waals surface area contributed by atoms with Gasteiger partial charge >= 0.3 is 11.8 Å². The van der Waals surface area contributed by atoms with Crippen molar-refractivity contribution in [1.29, 1.82) is 0 Å². The van der Waals surface area contributed by atoms with Gasteiger partial charge in [0, 0.05) is 51.9 Å². The van der Waals surface area contributed by atoms with Crippen molar-refractivity contribution in [3.63, 3.8) is 0 Å². The summed E-state index contributed by atoms with van der Waals surface area (Å²) < 4.78 is 12.5. The van der Waals surface area contributed by atoms with Crippen molar-refractivity contribution in [1.82, 2.24) is 9.99 Å². The number of halogens is 1. The van der Waals surface area contributed by atoms with E-state index >= 15 is 0 Å². The van der Waals surface area contributed by atoms with Crippen molar-refractivity contribution in [2.75, 3.05) is 24.9 Å². The van der Waals surface area contributed by atoms with Crippen LogP contribution in [0.1, 0.15) is 20.3 Å². The molecule has 0 aliphatic carbocycles. The van der Waals surface area contributed by atoms with E-state index < -0.39 is 11.8 Å². The molecule has 0 radical (unpaired) electrons. The number of nitrogens with zero attached hydrogens (tertiary/aromatic N) is 2. The largest absolute Gasteiger partial charge is 0.495 e. The average molecular weight is 550 g/mol. The Kier molecular flexibility index (Phi) is 8.36. The van der Waals surface area contributed by atoms with Crippen LogP contribution in [0, 0.1) is 0 Å². The van der Waals surface area contributed by atoms with Crippen LogP contribution in [0.5, 0.6) is 11.5 Å². The number of fused-ring (bicyclic) bond motifs is 3. The van der Waals surface area contributed by atoms with Crippen molar-refractivity contribution in [3.8, 4) is 11.5 Å². The molecule has 4 rings (SSSR count). The molecule has 4 aromatic rings. The van der Waals surface area contributed by atoms with E-state index in [0.717, 1.165) is 28.4 Å². The summed E-state index contributed by atoms with van der Waals surface area (Å²) in [6, 6.07) is 16.8. The smallest absolute Gasteiger partial charge is 0.329 e. The fourth-order valence-electron chi connectivity index (χ4n) is 4.28. The maximum absolute atomic E-state index is 12.6. The minimum atomic E-state index is -1.02. The van der Waals surface area contributed by atoms with Crippen LogP contribution in [0.2, 0.25) is 5.02 Å². The zero-order valence-electron chi connectivity index (χ0n) is 21.9. The van der Waals surface area contributed by atoms with E-state index in [2.05, 4.69) is 44.8 Å². The van der Waals surface area contributed by atoms with Crippen LogP contribution < -0.4 is 25.5 Å². The van der Waals surface area contributed by atoms with Crippen LogP contribution in [0.15, 0.2) is 59.7 Å². The summed E-state index contributed by atoms with van der Waals surface area (Å²) in [4.78, 5) is 37.3. The normalized spacial score (nSPS) is 11.4. The average Bonchev–Trinajstić information content (AvgIpc) is 3.25. The molecule has 0 bridgehead atoms. The fourth-order valence-corrected chi connectivity index (χ4v) is 4.51. The van der Waals surface area contributed by atoms with Crippen molar-refractivity contribution in [2.24, 2.45) is 5.10 Å². The number of amides is 3. The quantitative estimate of drug-likeness (QED) is 0.163. The molecule has 3 aromatic carbocycles. The SMILES string of the molecule is CCn1c2ccccc2c2cc(NC(=O)C/C(C)=N/NC(=O)C(=O)Nc3cc(OC)c(Cl)cc3OC)ccc21. The molecule has 1 aromatic heterocycles. The Morgan fingerprint density at radius 1 is 0.897 bits per heavy atom. The standard InChI is InChI=1S/C28H28ClN5O5/c1-5-34-22-9-7-6-8-18(22)19-13-17(10-11-23(19)34)30-26(35)12-16(2)32-33-28(37)27(36)31-21-15-24(38-3)20(29)14-25(21)39-4/h6-11,13-15H,5,12H2,1-4H3,(H,30,35)(H,31,36)(H,33,37)/b32-16+. The number of carbonyl (C=O) groups excluding carboxylic acids is 3. The number of hydrazone groups is 1. The number of hydrogen-bond donors (Lipinski definition) is 3. The summed E-state index contributed by atoms with van der Waals surface area (Å²) in [6.07, 6.45) is -0.0845. The molecular weight excluding hydrogens is 522 g/mol. The predicted octanol–water partition coefficient (Wildman–Crippen LogP) is 4.94. The number of para-hydroxylation sites is 1. The first kappa shape index (κ1) is 27.5. The van der Waals surface area contributed by atoms with Gasteiger partial charge in [0.25, 0.3) is 0 Å². The fraction of sp³-hybridized carbons (Fsp3) is 0.214. The zero-order chi connectivity index (χ0) is 28.1. The Balaban J connectivity index is 1.38. The van der Waals surface area contributed by atoms with Gasteiger partial charge in [-0.2, -0.15) is 5.10 Å². The lowest BCUT2D eigenvalue weighted by molar-refractivity contribution is -0.136. The first-order valence-electron chi connectivity index (χ1n) is 12.1. The van der Waals surface area contributed by atoms with Crippen molar-refractivity contribution in [3.05, 3.63) is 59.6 Å². The van der Waals surface area contributed by atoms with Gasteiger partial charge in [-0.15, -0.1) is 0 Å². The van der Waals surface area contributed by atoms with Crippen molar-refractivity contribution < 1.29 is 23.9 Å². The van der Waals surface area contributed by atoms with Gasteiger partial charge in [-0.3, -0.25) is 14.4 Å². The van der Waals surface area contributed by atoms with Gasteiger partial charge in [0.2, 0.25) is 5.91 Å². The van der Waals surface area contributed by atoms with Crippen LogP contribution in [0.3, 0.4) is 0 Å². The molecule has 0 saturated heterocycles. The lowest BCUT2D eigenvalue weighted by atomic mass is 10.1. The van der Waals surface area contributed by atoms with Crippen molar-refractivity contribution in [2.45, 2.75) is 26.8 Å².